The maximum Gasteiger partial charge on any atom is 0.146 e. The van der Waals surface area contributed by atoms with Crippen LogP contribution in [0.3, 0.4) is 0 Å². The van der Waals surface area contributed by atoms with Crippen LogP contribution in [0.15, 0.2) is 12.4 Å². The Bertz CT molecular complexity index is 349. The Morgan fingerprint density at radius 3 is 2.89 bits per heavy atom. The summed E-state index contributed by atoms with van der Waals surface area (Å²) in [5.41, 5.74) is 0.962. The Kier molecular flexibility index (Phi) is 4.90. The summed E-state index contributed by atoms with van der Waals surface area (Å²) < 4.78 is 5.73. The summed E-state index contributed by atoms with van der Waals surface area (Å²) in [6, 6.07) is 0. The lowest BCUT2D eigenvalue weighted by Crippen LogP contribution is -2.33. The number of likely N-dealkylation sites (N-methyl/N-ethyl adjacent to an activating group) is 1. The molecule has 0 saturated carbocycles. The van der Waals surface area contributed by atoms with E-state index in [-0.39, 0.29) is 0 Å². The van der Waals surface area contributed by atoms with Gasteiger partial charge in [0.25, 0.3) is 0 Å². The molecule has 1 aliphatic rings. The van der Waals surface area contributed by atoms with Crippen molar-refractivity contribution in [3.05, 3.63) is 18.1 Å². The second kappa shape index (κ2) is 6.66. The molecule has 1 saturated heterocycles. The van der Waals surface area contributed by atoms with Gasteiger partial charge in [-0.15, -0.1) is 0 Å². The van der Waals surface area contributed by atoms with Crippen LogP contribution in [-0.4, -0.2) is 43.3 Å². The van der Waals surface area contributed by atoms with Gasteiger partial charge >= 0.3 is 0 Å². The summed E-state index contributed by atoms with van der Waals surface area (Å²) in [6.07, 6.45) is 7.60. The van der Waals surface area contributed by atoms with Crippen LogP contribution >= 0.6 is 0 Å². The summed E-state index contributed by atoms with van der Waals surface area (Å²) in [6.45, 7) is 2.54. The summed E-state index contributed by atoms with van der Waals surface area (Å²) in [4.78, 5) is 10.9. The number of hydrogen-bond acceptors (Lipinski definition) is 5. The van der Waals surface area contributed by atoms with Gasteiger partial charge in [0.15, 0.2) is 0 Å². The molecule has 1 N–H and O–H groups in total. The minimum atomic E-state index is 0.336. The summed E-state index contributed by atoms with van der Waals surface area (Å²) in [7, 11) is 3.95. The smallest absolute Gasteiger partial charge is 0.146 e. The molecule has 0 spiro atoms. The van der Waals surface area contributed by atoms with E-state index in [1.807, 2.05) is 26.5 Å². The molecular formula is C13H22N4O. The predicted octanol–water partition coefficient (Wildman–Crippen LogP) is 1.20. The third-order valence-corrected chi connectivity index (χ3v) is 3.19. The number of hydrogen-bond donors (Lipinski definition) is 1. The predicted molar refractivity (Wildman–Crippen MR) is 71.7 cm³/mol. The SMILES string of the molecule is CNCc1cnc(N(C)CC2CCCCO2)cn1. The van der Waals surface area contributed by atoms with E-state index in [9.17, 15) is 0 Å². The van der Waals surface area contributed by atoms with Crippen LogP contribution in [0.25, 0.3) is 0 Å². The average Bonchev–Trinajstić information content (AvgIpc) is 2.41. The van der Waals surface area contributed by atoms with Gasteiger partial charge in [-0.25, -0.2) is 4.98 Å². The lowest BCUT2D eigenvalue weighted by atomic mass is 10.1. The Labute approximate surface area is 109 Å². The molecule has 1 aromatic rings. The zero-order chi connectivity index (χ0) is 12.8. The van der Waals surface area contributed by atoms with Crippen LogP contribution in [0.2, 0.25) is 0 Å². The molecule has 1 atom stereocenters. The van der Waals surface area contributed by atoms with E-state index in [0.29, 0.717) is 6.10 Å². The standard InChI is InChI=1S/C13H22N4O/c1-14-7-11-8-16-13(9-15-11)17(2)10-12-5-3-4-6-18-12/h8-9,12,14H,3-7,10H2,1-2H3. The maximum absolute atomic E-state index is 5.73. The van der Waals surface area contributed by atoms with E-state index < -0.39 is 0 Å². The van der Waals surface area contributed by atoms with E-state index in [0.717, 1.165) is 37.6 Å². The minimum absolute atomic E-state index is 0.336. The van der Waals surface area contributed by atoms with Gasteiger partial charge in [0.2, 0.25) is 0 Å². The Morgan fingerprint density at radius 1 is 1.39 bits per heavy atom. The molecular weight excluding hydrogens is 228 g/mol. The number of ether oxygens (including phenoxy) is 1. The van der Waals surface area contributed by atoms with Crippen LogP contribution in [-0.2, 0) is 11.3 Å². The molecule has 5 nitrogen and oxygen atoms in total. The van der Waals surface area contributed by atoms with Crippen LogP contribution in [0.1, 0.15) is 25.0 Å². The van der Waals surface area contributed by atoms with Gasteiger partial charge in [-0.3, -0.25) is 4.98 Å². The number of anilines is 1. The summed E-state index contributed by atoms with van der Waals surface area (Å²) in [5, 5.41) is 3.06. The first-order valence-corrected chi connectivity index (χ1v) is 6.58. The van der Waals surface area contributed by atoms with E-state index in [1.54, 1.807) is 0 Å². The lowest BCUT2D eigenvalue weighted by molar-refractivity contribution is 0.0215. The highest BCUT2D eigenvalue weighted by molar-refractivity contribution is 5.34. The normalized spacial score (nSPS) is 19.8. The Balaban J connectivity index is 1.89. The first-order chi connectivity index (χ1) is 8.79. The molecule has 0 aromatic carbocycles. The third kappa shape index (κ3) is 3.65. The minimum Gasteiger partial charge on any atom is -0.376 e. The third-order valence-electron chi connectivity index (χ3n) is 3.19. The van der Waals surface area contributed by atoms with Gasteiger partial charge < -0.3 is 15.0 Å². The van der Waals surface area contributed by atoms with Crippen LogP contribution < -0.4 is 10.2 Å². The summed E-state index contributed by atoms with van der Waals surface area (Å²) >= 11 is 0. The van der Waals surface area contributed by atoms with Crippen LogP contribution in [0, 0.1) is 0 Å². The zero-order valence-corrected chi connectivity index (χ0v) is 11.2. The highest BCUT2D eigenvalue weighted by Gasteiger charge is 2.16. The largest absolute Gasteiger partial charge is 0.376 e. The lowest BCUT2D eigenvalue weighted by Gasteiger charge is -2.27. The van der Waals surface area contributed by atoms with Crippen LogP contribution in [0.4, 0.5) is 5.82 Å². The van der Waals surface area contributed by atoms with Crippen LogP contribution in [0.5, 0.6) is 0 Å². The molecule has 5 heteroatoms. The molecule has 0 bridgehead atoms. The first kappa shape index (κ1) is 13.2. The van der Waals surface area contributed by atoms with E-state index in [2.05, 4.69) is 20.2 Å². The highest BCUT2D eigenvalue weighted by atomic mass is 16.5. The van der Waals surface area contributed by atoms with Crippen molar-refractivity contribution in [2.24, 2.45) is 0 Å². The van der Waals surface area contributed by atoms with E-state index >= 15 is 0 Å². The van der Waals surface area contributed by atoms with Crippen molar-refractivity contribution in [2.75, 3.05) is 32.1 Å². The average molecular weight is 250 g/mol. The van der Waals surface area contributed by atoms with Crippen molar-refractivity contribution in [3.8, 4) is 0 Å². The Hall–Kier alpha value is -1.20. The van der Waals surface area contributed by atoms with E-state index in [1.165, 1.54) is 12.8 Å². The summed E-state index contributed by atoms with van der Waals surface area (Å²) in [5.74, 6) is 0.907. The molecule has 2 rings (SSSR count). The van der Waals surface area contributed by atoms with Crippen molar-refractivity contribution >= 4 is 5.82 Å². The van der Waals surface area contributed by atoms with Gasteiger partial charge in [0, 0.05) is 26.7 Å². The Morgan fingerprint density at radius 2 is 2.28 bits per heavy atom. The van der Waals surface area contributed by atoms with Gasteiger partial charge in [-0.1, -0.05) is 0 Å². The number of nitrogens with one attached hydrogen (secondary N) is 1. The van der Waals surface area contributed by atoms with Gasteiger partial charge in [0.1, 0.15) is 5.82 Å². The fraction of sp³-hybridized carbons (Fsp3) is 0.692. The molecule has 1 unspecified atom stereocenters. The number of rotatable bonds is 5. The van der Waals surface area contributed by atoms with Gasteiger partial charge in [-0.2, -0.15) is 0 Å². The number of nitrogens with zero attached hydrogens (tertiary/aromatic N) is 3. The second-order valence-electron chi connectivity index (χ2n) is 4.77. The fourth-order valence-corrected chi connectivity index (χ4v) is 2.17. The molecule has 1 aromatic heterocycles. The maximum atomic E-state index is 5.73. The fourth-order valence-electron chi connectivity index (χ4n) is 2.17. The molecule has 1 fully saturated rings. The van der Waals surface area contributed by atoms with Crippen molar-refractivity contribution < 1.29 is 4.74 Å². The van der Waals surface area contributed by atoms with Gasteiger partial charge in [-0.05, 0) is 26.3 Å². The second-order valence-corrected chi connectivity index (χ2v) is 4.77. The van der Waals surface area contributed by atoms with Crippen molar-refractivity contribution in [1.82, 2.24) is 15.3 Å². The molecule has 1 aliphatic heterocycles. The zero-order valence-electron chi connectivity index (χ0n) is 11.2. The van der Waals surface area contributed by atoms with Gasteiger partial charge in [0.05, 0.1) is 24.2 Å². The first-order valence-electron chi connectivity index (χ1n) is 6.58. The molecule has 0 amide bonds. The molecule has 0 aliphatic carbocycles. The molecule has 0 radical (unpaired) electrons. The number of aromatic nitrogens is 2. The van der Waals surface area contributed by atoms with Crippen molar-refractivity contribution in [2.45, 2.75) is 31.9 Å². The van der Waals surface area contributed by atoms with E-state index in [4.69, 9.17) is 4.74 Å². The topological polar surface area (TPSA) is 50.3 Å². The monoisotopic (exact) mass is 250 g/mol. The van der Waals surface area contributed by atoms with Crippen molar-refractivity contribution in [3.63, 3.8) is 0 Å². The van der Waals surface area contributed by atoms with Crippen molar-refractivity contribution in [1.29, 1.82) is 0 Å². The quantitative estimate of drug-likeness (QED) is 0.851. The molecule has 100 valence electrons. The molecule has 2 heterocycles. The molecule has 18 heavy (non-hydrogen) atoms. The highest BCUT2D eigenvalue weighted by Crippen LogP contribution is 2.15.